The topological polar surface area (TPSA) is 53.1 Å². The summed E-state index contributed by atoms with van der Waals surface area (Å²) in [5.74, 6) is 0.0495. The van der Waals surface area contributed by atoms with Crippen LogP contribution in [0.4, 0.5) is 5.69 Å². The molecule has 0 unspecified atom stereocenters. The molecule has 2 aromatic rings. The van der Waals surface area contributed by atoms with Gasteiger partial charge in [0.05, 0.1) is 0 Å². The Morgan fingerprint density at radius 2 is 1.74 bits per heavy atom. The quantitative estimate of drug-likeness (QED) is 0.651. The standard InChI is InChI=1S/C15H14ClN3/c16-12-5-6-14(13(7-12)15(17)18)19-8-10-3-1-2-4-11(10)9-19/h1-7H,8-9H2,(H3,17,18). The van der Waals surface area contributed by atoms with Gasteiger partial charge < -0.3 is 10.6 Å². The van der Waals surface area contributed by atoms with Crippen LogP contribution in [0.15, 0.2) is 42.5 Å². The van der Waals surface area contributed by atoms with Crippen LogP contribution in [0.3, 0.4) is 0 Å². The van der Waals surface area contributed by atoms with Gasteiger partial charge in [-0.1, -0.05) is 35.9 Å². The molecule has 0 aliphatic carbocycles. The van der Waals surface area contributed by atoms with Crippen LogP contribution in [0.1, 0.15) is 16.7 Å². The van der Waals surface area contributed by atoms with Crippen molar-refractivity contribution >= 4 is 23.1 Å². The second kappa shape index (κ2) is 4.59. The van der Waals surface area contributed by atoms with Gasteiger partial charge in [0.15, 0.2) is 0 Å². The largest absolute Gasteiger partial charge is 0.384 e. The lowest BCUT2D eigenvalue weighted by molar-refractivity contribution is 0.879. The summed E-state index contributed by atoms with van der Waals surface area (Å²) in [7, 11) is 0. The number of hydrogen-bond acceptors (Lipinski definition) is 2. The van der Waals surface area contributed by atoms with Crippen LogP contribution in [-0.4, -0.2) is 5.84 Å². The Bertz CT molecular complexity index is 627. The lowest BCUT2D eigenvalue weighted by Gasteiger charge is -2.21. The molecule has 1 heterocycles. The Labute approximate surface area is 117 Å². The van der Waals surface area contributed by atoms with Gasteiger partial charge in [-0.25, -0.2) is 0 Å². The fraction of sp³-hybridized carbons (Fsp3) is 0.133. The summed E-state index contributed by atoms with van der Waals surface area (Å²) in [5, 5.41) is 8.29. The van der Waals surface area contributed by atoms with E-state index in [9.17, 15) is 0 Å². The minimum atomic E-state index is 0.0495. The zero-order valence-electron chi connectivity index (χ0n) is 10.4. The molecule has 0 aromatic heterocycles. The minimum absolute atomic E-state index is 0.0495. The van der Waals surface area contributed by atoms with E-state index >= 15 is 0 Å². The second-order valence-corrected chi connectivity index (χ2v) is 5.14. The van der Waals surface area contributed by atoms with Gasteiger partial charge in [-0.05, 0) is 29.3 Å². The highest BCUT2D eigenvalue weighted by molar-refractivity contribution is 6.31. The molecule has 3 nitrogen and oxygen atoms in total. The number of fused-ring (bicyclic) bond motifs is 1. The fourth-order valence-corrected chi connectivity index (χ4v) is 2.68. The Kier molecular flexibility index (Phi) is 2.91. The molecule has 0 saturated carbocycles. The Morgan fingerprint density at radius 3 is 2.32 bits per heavy atom. The Hall–Kier alpha value is -2.00. The van der Waals surface area contributed by atoms with Gasteiger partial charge in [0.2, 0.25) is 0 Å². The van der Waals surface area contributed by atoms with E-state index < -0.39 is 0 Å². The number of rotatable bonds is 2. The zero-order chi connectivity index (χ0) is 13.4. The molecule has 0 fully saturated rings. The summed E-state index contributed by atoms with van der Waals surface area (Å²) >= 11 is 5.99. The molecular weight excluding hydrogens is 258 g/mol. The van der Waals surface area contributed by atoms with E-state index in [1.165, 1.54) is 11.1 Å². The first-order valence-electron chi connectivity index (χ1n) is 6.11. The van der Waals surface area contributed by atoms with Gasteiger partial charge in [-0.2, -0.15) is 0 Å². The highest BCUT2D eigenvalue weighted by atomic mass is 35.5. The smallest absolute Gasteiger partial charge is 0.124 e. The van der Waals surface area contributed by atoms with Crippen molar-refractivity contribution in [2.75, 3.05) is 4.90 Å². The molecule has 3 rings (SSSR count). The average Bonchev–Trinajstić information content (AvgIpc) is 2.82. The monoisotopic (exact) mass is 271 g/mol. The summed E-state index contributed by atoms with van der Waals surface area (Å²) < 4.78 is 0. The van der Waals surface area contributed by atoms with Crippen LogP contribution in [0.5, 0.6) is 0 Å². The molecule has 0 radical (unpaired) electrons. The van der Waals surface area contributed by atoms with E-state index in [4.69, 9.17) is 22.7 Å². The van der Waals surface area contributed by atoms with E-state index in [1.807, 2.05) is 12.1 Å². The molecule has 0 atom stereocenters. The third-order valence-corrected chi connectivity index (χ3v) is 3.67. The summed E-state index contributed by atoms with van der Waals surface area (Å²) in [4.78, 5) is 2.22. The minimum Gasteiger partial charge on any atom is -0.384 e. The molecule has 19 heavy (non-hydrogen) atoms. The van der Waals surface area contributed by atoms with Crippen molar-refractivity contribution < 1.29 is 0 Å². The maximum absolute atomic E-state index is 7.69. The van der Waals surface area contributed by atoms with Gasteiger partial charge in [0.25, 0.3) is 0 Å². The van der Waals surface area contributed by atoms with Gasteiger partial charge in [0, 0.05) is 29.4 Å². The number of nitrogens with one attached hydrogen (secondary N) is 1. The third-order valence-electron chi connectivity index (χ3n) is 3.43. The number of hydrogen-bond donors (Lipinski definition) is 2. The summed E-state index contributed by atoms with van der Waals surface area (Å²) in [6.07, 6.45) is 0. The summed E-state index contributed by atoms with van der Waals surface area (Å²) in [5.41, 5.74) is 9.97. The molecule has 96 valence electrons. The van der Waals surface area contributed by atoms with E-state index in [-0.39, 0.29) is 5.84 Å². The maximum Gasteiger partial charge on any atom is 0.124 e. The number of halogens is 1. The third kappa shape index (κ3) is 2.17. The number of anilines is 1. The normalized spacial score (nSPS) is 13.4. The molecular formula is C15H14ClN3. The molecule has 0 amide bonds. The van der Waals surface area contributed by atoms with Crippen LogP contribution in [-0.2, 0) is 13.1 Å². The first-order valence-corrected chi connectivity index (χ1v) is 6.48. The van der Waals surface area contributed by atoms with Crippen molar-refractivity contribution in [2.45, 2.75) is 13.1 Å². The van der Waals surface area contributed by atoms with Crippen molar-refractivity contribution in [3.05, 3.63) is 64.2 Å². The predicted molar refractivity (Wildman–Crippen MR) is 78.8 cm³/mol. The number of nitrogen functional groups attached to an aromatic ring is 1. The van der Waals surface area contributed by atoms with Crippen molar-refractivity contribution in [2.24, 2.45) is 5.73 Å². The van der Waals surface area contributed by atoms with Crippen molar-refractivity contribution in [3.8, 4) is 0 Å². The average molecular weight is 272 g/mol. The van der Waals surface area contributed by atoms with Crippen LogP contribution in [0.25, 0.3) is 0 Å². The lowest BCUT2D eigenvalue weighted by Crippen LogP contribution is -2.21. The molecule has 1 aliphatic heterocycles. The SMILES string of the molecule is N=C(N)c1cc(Cl)ccc1N1Cc2ccccc2C1. The lowest BCUT2D eigenvalue weighted by atomic mass is 10.1. The van der Waals surface area contributed by atoms with E-state index in [0.717, 1.165) is 18.8 Å². The van der Waals surface area contributed by atoms with Crippen molar-refractivity contribution in [1.29, 1.82) is 5.41 Å². The molecule has 4 heteroatoms. The highest BCUT2D eigenvalue weighted by Gasteiger charge is 2.21. The highest BCUT2D eigenvalue weighted by Crippen LogP contribution is 2.31. The second-order valence-electron chi connectivity index (χ2n) is 4.70. The van der Waals surface area contributed by atoms with Crippen LogP contribution >= 0.6 is 11.6 Å². The Balaban J connectivity index is 1.99. The van der Waals surface area contributed by atoms with Gasteiger partial charge in [0.1, 0.15) is 5.84 Å². The molecule has 1 aliphatic rings. The summed E-state index contributed by atoms with van der Waals surface area (Å²) in [6.45, 7) is 1.69. The van der Waals surface area contributed by atoms with Crippen LogP contribution in [0.2, 0.25) is 5.02 Å². The first-order chi connectivity index (χ1) is 9.15. The number of amidine groups is 1. The molecule has 0 bridgehead atoms. The molecule has 0 spiro atoms. The molecule has 2 aromatic carbocycles. The first kappa shape index (κ1) is 12.1. The predicted octanol–water partition coefficient (Wildman–Crippen LogP) is 3.14. The summed E-state index contributed by atoms with van der Waals surface area (Å²) in [6, 6.07) is 13.9. The van der Waals surface area contributed by atoms with Crippen molar-refractivity contribution in [3.63, 3.8) is 0 Å². The van der Waals surface area contributed by atoms with Crippen LogP contribution in [0, 0.1) is 5.41 Å². The molecule has 3 N–H and O–H groups in total. The van der Waals surface area contributed by atoms with E-state index in [1.54, 1.807) is 6.07 Å². The molecule has 0 saturated heterocycles. The van der Waals surface area contributed by atoms with Gasteiger partial charge >= 0.3 is 0 Å². The van der Waals surface area contributed by atoms with E-state index in [2.05, 4.69) is 29.2 Å². The van der Waals surface area contributed by atoms with E-state index in [0.29, 0.717) is 10.6 Å². The van der Waals surface area contributed by atoms with Gasteiger partial charge in [-0.3, -0.25) is 5.41 Å². The number of nitrogens with zero attached hydrogens (tertiary/aromatic N) is 1. The maximum atomic E-state index is 7.69. The Morgan fingerprint density at radius 1 is 1.11 bits per heavy atom. The number of benzene rings is 2. The van der Waals surface area contributed by atoms with Crippen LogP contribution < -0.4 is 10.6 Å². The zero-order valence-corrected chi connectivity index (χ0v) is 11.1. The van der Waals surface area contributed by atoms with Gasteiger partial charge in [-0.15, -0.1) is 0 Å². The van der Waals surface area contributed by atoms with Crippen molar-refractivity contribution in [1.82, 2.24) is 0 Å². The fourth-order valence-electron chi connectivity index (χ4n) is 2.50. The number of nitrogens with two attached hydrogens (primary N) is 1.